The summed E-state index contributed by atoms with van der Waals surface area (Å²) >= 11 is 0. The number of para-hydroxylation sites is 1. The molecule has 1 saturated heterocycles. The van der Waals surface area contributed by atoms with E-state index in [0.29, 0.717) is 6.10 Å². The van der Waals surface area contributed by atoms with E-state index in [4.69, 9.17) is 4.74 Å². The van der Waals surface area contributed by atoms with E-state index in [1.807, 2.05) is 6.20 Å². The van der Waals surface area contributed by atoms with E-state index in [-0.39, 0.29) is 0 Å². The number of hydrogen-bond donors (Lipinski definition) is 0. The second-order valence-electron chi connectivity index (χ2n) is 6.55. The van der Waals surface area contributed by atoms with Crippen molar-refractivity contribution in [3.8, 4) is 0 Å². The smallest absolute Gasteiger partial charge is 0.0751 e. The molecule has 23 heavy (non-hydrogen) atoms. The predicted octanol–water partition coefficient (Wildman–Crippen LogP) is 3.09. The fourth-order valence-electron chi connectivity index (χ4n) is 3.21. The summed E-state index contributed by atoms with van der Waals surface area (Å²) in [5, 5.41) is 1.27. The van der Waals surface area contributed by atoms with Gasteiger partial charge in [0.1, 0.15) is 0 Å². The van der Waals surface area contributed by atoms with Gasteiger partial charge < -0.3 is 9.64 Å². The van der Waals surface area contributed by atoms with Crippen molar-refractivity contribution in [1.82, 2.24) is 9.88 Å². The van der Waals surface area contributed by atoms with Gasteiger partial charge in [-0.3, -0.25) is 9.88 Å². The molecule has 0 atom stereocenters. The van der Waals surface area contributed by atoms with E-state index in [0.717, 1.165) is 44.8 Å². The topological polar surface area (TPSA) is 28.6 Å². The Morgan fingerprint density at radius 3 is 2.65 bits per heavy atom. The van der Waals surface area contributed by atoms with Crippen molar-refractivity contribution in [1.29, 1.82) is 0 Å². The van der Waals surface area contributed by atoms with Crippen LogP contribution in [0.1, 0.15) is 19.4 Å². The maximum absolute atomic E-state index is 5.66. The Labute approximate surface area is 139 Å². The molecular weight excluding hydrogens is 286 g/mol. The van der Waals surface area contributed by atoms with Gasteiger partial charge in [-0.2, -0.15) is 0 Å². The third-order valence-corrected chi connectivity index (χ3v) is 4.52. The van der Waals surface area contributed by atoms with E-state index in [1.54, 1.807) is 0 Å². The van der Waals surface area contributed by atoms with Gasteiger partial charge in [-0.1, -0.05) is 18.2 Å². The lowest BCUT2D eigenvalue weighted by Gasteiger charge is -2.36. The highest BCUT2D eigenvalue weighted by Gasteiger charge is 2.18. The Bertz CT molecular complexity index is 648. The van der Waals surface area contributed by atoms with Crippen LogP contribution in [0.15, 0.2) is 30.5 Å². The molecule has 0 radical (unpaired) electrons. The van der Waals surface area contributed by atoms with Crippen LogP contribution in [-0.2, 0) is 4.74 Å². The monoisotopic (exact) mass is 313 g/mol. The van der Waals surface area contributed by atoms with Gasteiger partial charge in [0.25, 0.3) is 0 Å². The molecule has 1 fully saturated rings. The van der Waals surface area contributed by atoms with Crippen LogP contribution >= 0.6 is 0 Å². The third kappa shape index (κ3) is 3.82. The zero-order chi connectivity index (χ0) is 16.2. The second kappa shape index (κ2) is 7.28. The number of hydrogen-bond acceptors (Lipinski definition) is 4. The van der Waals surface area contributed by atoms with Crippen LogP contribution in [0.5, 0.6) is 0 Å². The summed E-state index contributed by atoms with van der Waals surface area (Å²) in [6.07, 6.45) is 2.26. The molecule has 0 bridgehead atoms. The summed E-state index contributed by atoms with van der Waals surface area (Å²) in [5.41, 5.74) is 3.68. The van der Waals surface area contributed by atoms with Crippen LogP contribution in [0.4, 0.5) is 5.69 Å². The van der Waals surface area contributed by atoms with Gasteiger partial charge in [0.2, 0.25) is 0 Å². The molecular formula is C19H27N3O. The molecule has 1 aliphatic rings. The Hall–Kier alpha value is -1.65. The number of benzene rings is 1. The molecule has 4 nitrogen and oxygen atoms in total. The molecule has 1 aromatic heterocycles. The number of aromatic nitrogens is 1. The van der Waals surface area contributed by atoms with Crippen molar-refractivity contribution in [2.24, 2.45) is 0 Å². The Morgan fingerprint density at radius 2 is 1.91 bits per heavy atom. The maximum Gasteiger partial charge on any atom is 0.0751 e. The minimum Gasteiger partial charge on any atom is -0.377 e. The van der Waals surface area contributed by atoms with Gasteiger partial charge in [0.15, 0.2) is 0 Å². The molecule has 1 aromatic carbocycles. The van der Waals surface area contributed by atoms with Gasteiger partial charge in [0.05, 0.1) is 18.2 Å². The zero-order valence-corrected chi connectivity index (χ0v) is 14.5. The number of rotatable bonds is 5. The highest BCUT2D eigenvalue weighted by Crippen LogP contribution is 2.27. The number of piperazine rings is 1. The normalized spacial score (nSPS) is 16.4. The average molecular weight is 313 g/mol. The molecule has 0 aliphatic carbocycles. The molecule has 0 spiro atoms. The van der Waals surface area contributed by atoms with Crippen LogP contribution in [0.3, 0.4) is 0 Å². The van der Waals surface area contributed by atoms with Crippen LogP contribution in [0.25, 0.3) is 10.9 Å². The standard InChI is InChI=1S/C19H27N3O/c1-15(2)23-14-13-21-9-11-22(12-10-21)18-7-8-20-19-16(3)5-4-6-17(18)19/h4-8,15H,9-14H2,1-3H3. The van der Waals surface area contributed by atoms with E-state index in [9.17, 15) is 0 Å². The Balaban J connectivity index is 1.65. The number of pyridine rings is 1. The quantitative estimate of drug-likeness (QED) is 0.848. The maximum atomic E-state index is 5.66. The number of anilines is 1. The first-order valence-corrected chi connectivity index (χ1v) is 8.58. The van der Waals surface area contributed by atoms with E-state index in [2.05, 4.69) is 59.8 Å². The van der Waals surface area contributed by atoms with Crippen molar-refractivity contribution in [2.75, 3.05) is 44.2 Å². The molecule has 3 rings (SSSR count). The van der Waals surface area contributed by atoms with E-state index < -0.39 is 0 Å². The summed E-state index contributed by atoms with van der Waals surface area (Å²) in [6.45, 7) is 12.5. The van der Waals surface area contributed by atoms with Crippen LogP contribution < -0.4 is 4.90 Å². The zero-order valence-electron chi connectivity index (χ0n) is 14.5. The van der Waals surface area contributed by atoms with Crippen LogP contribution in [-0.4, -0.2) is 55.3 Å². The fourth-order valence-corrected chi connectivity index (χ4v) is 3.21. The predicted molar refractivity (Wildman–Crippen MR) is 96.2 cm³/mol. The highest BCUT2D eigenvalue weighted by molar-refractivity contribution is 5.93. The summed E-state index contributed by atoms with van der Waals surface area (Å²) in [5.74, 6) is 0. The van der Waals surface area contributed by atoms with Gasteiger partial charge in [0, 0.05) is 50.0 Å². The highest BCUT2D eigenvalue weighted by atomic mass is 16.5. The first-order chi connectivity index (χ1) is 11.1. The summed E-state index contributed by atoms with van der Waals surface area (Å²) < 4.78 is 5.66. The number of fused-ring (bicyclic) bond motifs is 1. The van der Waals surface area contributed by atoms with Gasteiger partial charge >= 0.3 is 0 Å². The van der Waals surface area contributed by atoms with Gasteiger partial charge in [-0.05, 0) is 32.4 Å². The van der Waals surface area contributed by atoms with Crippen molar-refractivity contribution < 1.29 is 4.74 Å². The Kier molecular flexibility index (Phi) is 5.13. The number of aryl methyl sites for hydroxylation is 1. The molecule has 0 N–H and O–H groups in total. The third-order valence-electron chi connectivity index (χ3n) is 4.52. The molecule has 0 amide bonds. The van der Waals surface area contributed by atoms with Crippen LogP contribution in [0.2, 0.25) is 0 Å². The fraction of sp³-hybridized carbons (Fsp3) is 0.526. The average Bonchev–Trinajstić information content (AvgIpc) is 2.55. The molecule has 2 aromatic rings. The summed E-state index contributed by atoms with van der Waals surface area (Å²) in [4.78, 5) is 9.54. The Morgan fingerprint density at radius 1 is 1.13 bits per heavy atom. The first kappa shape index (κ1) is 16.2. The number of ether oxygens (including phenoxy) is 1. The number of nitrogens with zero attached hydrogens (tertiary/aromatic N) is 3. The van der Waals surface area contributed by atoms with Crippen molar-refractivity contribution in [3.63, 3.8) is 0 Å². The van der Waals surface area contributed by atoms with E-state index in [1.165, 1.54) is 16.6 Å². The summed E-state index contributed by atoms with van der Waals surface area (Å²) in [7, 11) is 0. The van der Waals surface area contributed by atoms with Crippen molar-refractivity contribution in [2.45, 2.75) is 26.9 Å². The largest absolute Gasteiger partial charge is 0.377 e. The lowest BCUT2D eigenvalue weighted by atomic mass is 10.1. The molecule has 0 unspecified atom stereocenters. The van der Waals surface area contributed by atoms with E-state index >= 15 is 0 Å². The molecule has 1 aliphatic heterocycles. The lowest BCUT2D eigenvalue weighted by Crippen LogP contribution is -2.47. The minimum atomic E-state index is 0.322. The van der Waals surface area contributed by atoms with Crippen molar-refractivity contribution in [3.05, 3.63) is 36.0 Å². The first-order valence-electron chi connectivity index (χ1n) is 8.58. The second-order valence-corrected chi connectivity index (χ2v) is 6.55. The molecule has 4 heteroatoms. The molecule has 2 heterocycles. The van der Waals surface area contributed by atoms with Crippen molar-refractivity contribution >= 4 is 16.6 Å². The lowest BCUT2D eigenvalue weighted by molar-refractivity contribution is 0.0579. The molecule has 124 valence electrons. The van der Waals surface area contributed by atoms with Crippen LogP contribution in [0, 0.1) is 6.92 Å². The van der Waals surface area contributed by atoms with Gasteiger partial charge in [-0.25, -0.2) is 0 Å². The van der Waals surface area contributed by atoms with Gasteiger partial charge in [-0.15, -0.1) is 0 Å². The molecule has 0 saturated carbocycles. The minimum absolute atomic E-state index is 0.322. The summed E-state index contributed by atoms with van der Waals surface area (Å²) in [6, 6.07) is 8.60. The SMILES string of the molecule is Cc1cccc2c(N3CCN(CCOC(C)C)CC3)ccnc12.